The number of para-hydroxylation sites is 1. The molecule has 0 unspecified atom stereocenters. The molecule has 32 heavy (non-hydrogen) atoms. The zero-order chi connectivity index (χ0) is 23.1. The Morgan fingerprint density at radius 2 is 1.75 bits per heavy atom. The average Bonchev–Trinajstić information content (AvgIpc) is 2.79. The van der Waals surface area contributed by atoms with E-state index in [2.05, 4.69) is 10.5 Å². The fourth-order valence-electron chi connectivity index (χ4n) is 2.73. The molecular weight excluding hydrogens is 473 g/mol. The van der Waals surface area contributed by atoms with Crippen LogP contribution in [0.1, 0.15) is 5.56 Å². The number of hydrogen-bond donors (Lipinski definition) is 1. The molecule has 0 aromatic heterocycles. The number of anilines is 1. The van der Waals surface area contributed by atoms with Crippen LogP contribution in [0.3, 0.4) is 0 Å². The summed E-state index contributed by atoms with van der Waals surface area (Å²) in [5.74, 6) is -0.115. The summed E-state index contributed by atoms with van der Waals surface area (Å²) in [6.45, 7) is -0.482. The molecule has 0 atom stereocenters. The maximum atomic E-state index is 13.3. The first kappa shape index (κ1) is 23.6. The summed E-state index contributed by atoms with van der Waals surface area (Å²) in [6.07, 6.45) is 1.35. The molecule has 0 saturated carbocycles. The Morgan fingerprint density at radius 1 is 1.06 bits per heavy atom. The number of carbonyl (C=O) groups is 1. The number of carbonyl (C=O) groups excluding carboxylic acids is 1. The van der Waals surface area contributed by atoms with Gasteiger partial charge in [0.25, 0.3) is 15.9 Å². The van der Waals surface area contributed by atoms with Gasteiger partial charge in [0.1, 0.15) is 12.3 Å². The molecular formula is C22H19Cl2N3O4S. The van der Waals surface area contributed by atoms with Crippen LogP contribution in [-0.2, 0) is 14.8 Å². The molecule has 0 saturated heterocycles. The lowest BCUT2D eigenvalue weighted by molar-refractivity contribution is -0.119. The number of hydrogen-bond acceptors (Lipinski definition) is 5. The minimum atomic E-state index is -4.03. The Kier molecular flexibility index (Phi) is 7.74. The Bertz CT molecular complexity index is 1220. The van der Waals surface area contributed by atoms with Gasteiger partial charge < -0.3 is 4.74 Å². The molecule has 3 aromatic carbocycles. The summed E-state index contributed by atoms with van der Waals surface area (Å²) in [6, 6.07) is 19.1. The molecule has 0 aliphatic heterocycles. The molecule has 0 aliphatic rings. The number of nitrogens with zero attached hydrogens (tertiary/aromatic N) is 2. The maximum Gasteiger partial charge on any atom is 0.264 e. The summed E-state index contributed by atoms with van der Waals surface area (Å²) in [5, 5.41) is 4.70. The number of hydrazone groups is 1. The molecule has 3 aromatic rings. The highest BCUT2D eigenvalue weighted by atomic mass is 35.5. The minimum absolute atomic E-state index is 0.0198. The first-order valence-electron chi connectivity index (χ1n) is 9.30. The normalized spacial score (nSPS) is 11.3. The van der Waals surface area contributed by atoms with Gasteiger partial charge in [-0.15, -0.1) is 0 Å². The van der Waals surface area contributed by atoms with Crippen LogP contribution in [0.2, 0.25) is 10.0 Å². The van der Waals surface area contributed by atoms with Crippen molar-refractivity contribution in [1.82, 2.24) is 5.43 Å². The smallest absolute Gasteiger partial charge is 0.264 e. The number of nitrogens with one attached hydrogen (secondary N) is 1. The molecule has 3 rings (SSSR count). The number of benzene rings is 3. The van der Waals surface area contributed by atoms with Crippen LogP contribution in [0, 0.1) is 0 Å². The molecule has 166 valence electrons. The van der Waals surface area contributed by atoms with Crippen molar-refractivity contribution in [2.45, 2.75) is 4.90 Å². The van der Waals surface area contributed by atoms with Crippen molar-refractivity contribution in [2.75, 3.05) is 18.0 Å². The van der Waals surface area contributed by atoms with Crippen LogP contribution >= 0.6 is 23.2 Å². The van der Waals surface area contributed by atoms with Gasteiger partial charge in [-0.05, 0) is 48.5 Å². The van der Waals surface area contributed by atoms with E-state index in [4.69, 9.17) is 27.9 Å². The summed E-state index contributed by atoms with van der Waals surface area (Å²) in [4.78, 5) is 12.5. The zero-order valence-electron chi connectivity index (χ0n) is 16.9. The SMILES string of the molecule is COc1ccc(S(=O)(=O)N(CC(=O)NN=Cc2ccc(Cl)cc2Cl)c2ccccc2)cc1. The fourth-order valence-corrected chi connectivity index (χ4v) is 4.61. The Morgan fingerprint density at radius 3 is 2.38 bits per heavy atom. The third kappa shape index (κ3) is 5.79. The fraction of sp³-hybridized carbons (Fsp3) is 0.0909. The van der Waals surface area contributed by atoms with E-state index in [1.54, 1.807) is 48.5 Å². The van der Waals surface area contributed by atoms with E-state index in [0.29, 0.717) is 27.0 Å². The van der Waals surface area contributed by atoms with E-state index in [0.717, 1.165) is 4.31 Å². The van der Waals surface area contributed by atoms with Gasteiger partial charge in [0.2, 0.25) is 0 Å². The van der Waals surface area contributed by atoms with Crippen molar-refractivity contribution in [1.29, 1.82) is 0 Å². The highest BCUT2D eigenvalue weighted by molar-refractivity contribution is 7.92. The van der Waals surface area contributed by atoms with E-state index in [1.165, 1.54) is 37.6 Å². The van der Waals surface area contributed by atoms with Crippen LogP contribution < -0.4 is 14.5 Å². The van der Waals surface area contributed by atoms with Gasteiger partial charge in [0.05, 0.1) is 28.9 Å². The lowest BCUT2D eigenvalue weighted by atomic mass is 10.2. The standard InChI is InChI=1S/C22H19Cl2N3O4S/c1-31-19-9-11-20(12-10-19)32(29,30)27(18-5-3-2-4-6-18)15-22(28)26-25-14-16-7-8-17(23)13-21(16)24/h2-14H,15H2,1H3,(H,26,28). The minimum Gasteiger partial charge on any atom is -0.497 e. The quantitative estimate of drug-likeness (QED) is 0.374. The van der Waals surface area contributed by atoms with E-state index >= 15 is 0 Å². The predicted octanol–water partition coefficient (Wildman–Crippen LogP) is 4.35. The van der Waals surface area contributed by atoms with Crippen molar-refractivity contribution < 1.29 is 17.9 Å². The Hall–Kier alpha value is -3.07. The van der Waals surface area contributed by atoms with Crippen molar-refractivity contribution >= 4 is 51.0 Å². The Labute approximate surface area is 196 Å². The maximum absolute atomic E-state index is 13.3. The van der Waals surface area contributed by atoms with E-state index in [9.17, 15) is 13.2 Å². The summed E-state index contributed by atoms with van der Waals surface area (Å²) < 4.78 is 32.6. The lowest BCUT2D eigenvalue weighted by Gasteiger charge is -2.23. The highest BCUT2D eigenvalue weighted by Gasteiger charge is 2.27. The molecule has 0 aliphatic carbocycles. The van der Waals surface area contributed by atoms with Crippen molar-refractivity contribution in [2.24, 2.45) is 5.10 Å². The number of amides is 1. The molecule has 7 nitrogen and oxygen atoms in total. The third-order valence-corrected chi connectivity index (χ3v) is 6.68. The first-order valence-corrected chi connectivity index (χ1v) is 11.5. The first-order chi connectivity index (χ1) is 15.3. The van der Waals surface area contributed by atoms with Crippen LogP contribution in [0.4, 0.5) is 5.69 Å². The molecule has 0 fully saturated rings. The summed E-state index contributed by atoms with van der Waals surface area (Å²) in [7, 11) is -2.55. The second-order valence-electron chi connectivity index (χ2n) is 6.48. The number of halogens is 2. The number of sulfonamides is 1. The lowest BCUT2D eigenvalue weighted by Crippen LogP contribution is -2.39. The van der Waals surface area contributed by atoms with Gasteiger partial charge in [-0.3, -0.25) is 9.10 Å². The van der Waals surface area contributed by atoms with E-state index in [-0.39, 0.29) is 4.90 Å². The molecule has 0 heterocycles. The van der Waals surface area contributed by atoms with Crippen LogP contribution in [-0.4, -0.2) is 34.2 Å². The summed E-state index contributed by atoms with van der Waals surface area (Å²) in [5.41, 5.74) is 3.21. The van der Waals surface area contributed by atoms with E-state index < -0.39 is 22.5 Å². The molecule has 1 N–H and O–H groups in total. The van der Waals surface area contributed by atoms with Gasteiger partial charge in [0.15, 0.2) is 0 Å². The Balaban J connectivity index is 1.81. The average molecular weight is 492 g/mol. The van der Waals surface area contributed by atoms with Crippen molar-refractivity contribution in [3.05, 3.63) is 88.4 Å². The largest absolute Gasteiger partial charge is 0.497 e. The molecule has 0 bridgehead atoms. The predicted molar refractivity (Wildman–Crippen MR) is 126 cm³/mol. The second kappa shape index (κ2) is 10.5. The van der Waals surface area contributed by atoms with Crippen LogP contribution in [0.25, 0.3) is 0 Å². The van der Waals surface area contributed by atoms with Gasteiger partial charge in [-0.2, -0.15) is 5.10 Å². The summed E-state index contributed by atoms with van der Waals surface area (Å²) >= 11 is 11.9. The second-order valence-corrected chi connectivity index (χ2v) is 9.19. The molecule has 1 amide bonds. The monoisotopic (exact) mass is 491 g/mol. The van der Waals surface area contributed by atoms with Gasteiger partial charge >= 0.3 is 0 Å². The molecule has 0 spiro atoms. The number of methoxy groups -OCH3 is 1. The number of rotatable bonds is 8. The van der Waals surface area contributed by atoms with Crippen molar-refractivity contribution in [3.8, 4) is 5.75 Å². The number of ether oxygens (including phenoxy) is 1. The zero-order valence-corrected chi connectivity index (χ0v) is 19.2. The van der Waals surface area contributed by atoms with Gasteiger partial charge in [-0.25, -0.2) is 13.8 Å². The topological polar surface area (TPSA) is 88.1 Å². The van der Waals surface area contributed by atoms with E-state index in [1.807, 2.05) is 0 Å². The highest BCUT2D eigenvalue weighted by Crippen LogP contribution is 2.25. The van der Waals surface area contributed by atoms with Crippen LogP contribution in [0.5, 0.6) is 5.75 Å². The van der Waals surface area contributed by atoms with Crippen LogP contribution in [0.15, 0.2) is 82.8 Å². The third-order valence-electron chi connectivity index (χ3n) is 4.33. The molecule has 10 heteroatoms. The van der Waals surface area contributed by atoms with Gasteiger partial charge in [0, 0.05) is 10.6 Å². The van der Waals surface area contributed by atoms with Gasteiger partial charge in [-0.1, -0.05) is 47.5 Å². The molecule has 0 radical (unpaired) electrons. The van der Waals surface area contributed by atoms with Crippen molar-refractivity contribution in [3.63, 3.8) is 0 Å².